The molecule has 0 spiro atoms. The lowest BCUT2D eigenvalue weighted by Crippen LogP contribution is -2.24. The van der Waals surface area contributed by atoms with Gasteiger partial charge in [0, 0.05) is 18.8 Å². The van der Waals surface area contributed by atoms with Crippen LogP contribution in [0.1, 0.15) is 38.7 Å². The molecule has 3 heteroatoms. The molecule has 0 amide bonds. The predicted octanol–water partition coefficient (Wildman–Crippen LogP) is 2.69. The van der Waals surface area contributed by atoms with Gasteiger partial charge >= 0.3 is 0 Å². The summed E-state index contributed by atoms with van der Waals surface area (Å²) in [6, 6.07) is 5.96. The maximum atomic E-state index is 11.2. The van der Waals surface area contributed by atoms with Gasteiger partial charge in [0.2, 0.25) is 0 Å². The van der Waals surface area contributed by atoms with Gasteiger partial charge in [-0.3, -0.25) is 4.98 Å². The van der Waals surface area contributed by atoms with E-state index in [1.54, 1.807) is 19.3 Å². The van der Waals surface area contributed by atoms with E-state index < -0.39 is 0 Å². The zero-order valence-corrected chi connectivity index (χ0v) is 9.90. The van der Waals surface area contributed by atoms with Crippen LogP contribution in [0, 0.1) is 16.7 Å². The summed E-state index contributed by atoms with van der Waals surface area (Å²) in [5, 5.41) is 9.24. The van der Waals surface area contributed by atoms with Crippen molar-refractivity contribution in [3.05, 3.63) is 30.1 Å². The summed E-state index contributed by atoms with van der Waals surface area (Å²) in [7, 11) is 0. The lowest BCUT2D eigenvalue weighted by Gasteiger charge is -2.28. The number of carbonyl (C=O) groups is 1. The number of hydrogen-bond donors (Lipinski definition) is 0. The smallest absolute Gasteiger partial charge is 0.130 e. The van der Waals surface area contributed by atoms with E-state index >= 15 is 0 Å². The molecular weight excluding hydrogens is 200 g/mol. The Kier molecular flexibility index (Phi) is 3.78. The number of rotatable bonds is 4. The summed E-state index contributed by atoms with van der Waals surface area (Å²) in [6.07, 6.45) is 3.77. The molecule has 0 aliphatic carbocycles. The van der Waals surface area contributed by atoms with Crippen LogP contribution in [-0.4, -0.2) is 10.8 Å². The van der Waals surface area contributed by atoms with Crippen molar-refractivity contribution in [2.45, 2.75) is 33.1 Å². The normalized spacial score (nSPS) is 12.9. The van der Waals surface area contributed by atoms with Crippen LogP contribution in [0.15, 0.2) is 24.5 Å². The van der Waals surface area contributed by atoms with Crippen LogP contribution in [-0.2, 0) is 4.79 Å². The molecule has 1 unspecified atom stereocenters. The summed E-state index contributed by atoms with van der Waals surface area (Å²) >= 11 is 0. The van der Waals surface area contributed by atoms with Crippen LogP contribution in [0.5, 0.6) is 0 Å². The summed E-state index contributed by atoms with van der Waals surface area (Å²) in [4.78, 5) is 15.2. The van der Waals surface area contributed by atoms with Crippen LogP contribution in [0.25, 0.3) is 0 Å². The van der Waals surface area contributed by atoms with E-state index in [1.807, 2.05) is 26.0 Å². The minimum atomic E-state index is -0.358. The van der Waals surface area contributed by atoms with Gasteiger partial charge in [-0.2, -0.15) is 5.26 Å². The van der Waals surface area contributed by atoms with Crippen molar-refractivity contribution in [3.63, 3.8) is 0 Å². The standard InChI is InChI=1S/C13H16N2O/c1-10(16)7-13(2,3)12(8-14)11-5-4-6-15-9-11/h4-6,9,12H,7H2,1-3H3. The summed E-state index contributed by atoms with van der Waals surface area (Å²) in [5.41, 5.74) is 0.514. The van der Waals surface area contributed by atoms with E-state index in [9.17, 15) is 10.1 Å². The van der Waals surface area contributed by atoms with Gasteiger partial charge in [-0.25, -0.2) is 0 Å². The quantitative estimate of drug-likeness (QED) is 0.777. The Balaban J connectivity index is 3.00. The van der Waals surface area contributed by atoms with Crippen LogP contribution in [0.2, 0.25) is 0 Å². The first-order valence-corrected chi connectivity index (χ1v) is 5.26. The van der Waals surface area contributed by atoms with Crippen molar-refractivity contribution < 1.29 is 4.79 Å². The molecule has 1 heterocycles. The van der Waals surface area contributed by atoms with Crippen LogP contribution >= 0.6 is 0 Å². The Morgan fingerprint density at radius 1 is 1.62 bits per heavy atom. The molecule has 0 aliphatic rings. The number of pyridine rings is 1. The fraction of sp³-hybridized carbons (Fsp3) is 0.462. The van der Waals surface area contributed by atoms with Crippen molar-refractivity contribution in [2.24, 2.45) is 5.41 Å². The second-order valence-electron chi connectivity index (χ2n) is 4.72. The van der Waals surface area contributed by atoms with Gasteiger partial charge in [0.05, 0.1) is 12.0 Å². The third-order valence-corrected chi connectivity index (χ3v) is 2.63. The molecule has 1 atom stereocenters. The molecule has 0 radical (unpaired) electrons. The molecule has 3 nitrogen and oxygen atoms in total. The monoisotopic (exact) mass is 216 g/mol. The van der Waals surface area contributed by atoms with E-state index in [2.05, 4.69) is 11.1 Å². The number of ketones is 1. The number of Topliss-reactive ketones (excluding diaryl/α,β-unsaturated/α-hetero) is 1. The Hall–Kier alpha value is -1.69. The predicted molar refractivity (Wildman–Crippen MR) is 61.7 cm³/mol. The lowest BCUT2D eigenvalue weighted by atomic mass is 9.73. The van der Waals surface area contributed by atoms with E-state index in [-0.39, 0.29) is 17.1 Å². The van der Waals surface area contributed by atoms with Gasteiger partial charge in [0.15, 0.2) is 0 Å². The maximum Gasteiger partial charge on any atom is 0.130 e. The zero-order valence-electron chi connectivity index (χ0n) is 9.90. The van der Waals surface area contributed by atoms with E-state index in [0.29, 0.717) is 6.42 Å². The molecule has 0 saturated carbocycles. The molecule has 0 aliphatic heterocycles. The SMILES string of the molecule is CC(=O)CC(C)(C)C(C#N)c1cccnc1. The molecule has 1 aromatic heterocycles. The third kappa shape index (κ3) is 2.90. The Morgan fingerprint density at radius 2 is 2.31 bits per heavy atom. The fourth-order valence-electron chi connectivity index (χ4n) is 1.99. The minimum absolute atomic E-state index is 0.106. The Morgan fingerprint density at radius 3 is 2.75 bits per heavy atom. The minimum Gasteiger partial charge on any atom is -0.300 e. The number of nitrogens with zero attached hydrogens (tertiary/aromatic N) is 2. The van der Waals surface area contributed by atoms with Crippen molar-refractivity contribution in [2.75, 3.05) is 0 Å². The molecule has 1 rings (SSSR count). The summed E-state index contributed by atoms with van der Waals surface area (Å²) in [6.45, 7) is 5.43. The van der Waals surface area contributed by atoms with Gasteiger partial charge in [-0.15, -0.1) is 0 Å². The second kappa shape index (κ2) is 4.89. The number of aromatic nitrogens is 1. The highest BCUT2D eigenvalue weighted by Gasteiger charge is 2.32. The van der Waals surface area contributed by atoms with Gasteiger partial charge < -0.3 is 4.79 Å². The highest BCUT2D eigenvalue weighted by Crippen LogP contribution is 2.37. The zero-order chi connectivity index (χ0) is 12.2. The van der Waals surface area contributed by atoms with Gasteiger partial charge in [-0.05, 0) is 24.0 Å². The van der Waals surface area contributed by atoms with Crippen LogP contribution < -0.4 is 0 Å². The van der Waals surface area contributed by atoms with Crippen molar-refractivity contribution >= 4 is 5.78 Å². The fourth-order valence-corrected chi connectivity index (χ4v) is 1.99. The molecule has 0 fully saturated rings. The molecule has 0 bridgehead atoms. The summed E-state index contributed by atoms with van der Waals surface area (Å²) < 4.78 is 0. The molecule has 0 saturated heterocycles. The number of hydrogen-bond acceptors (Lipinski definition) is 3. The molecule has 0 N–H and O–H groups in total. The average Bonchev–Trinajstić information content (AvgIpc) is 2.17. The van der Waals surface area contributed by atoms with Crippen LogP contribution in [0.4, 0.5) is 0 Å². The topological polar surface area (TPSA) is 53.8 Å². The van der Waals surface area contributed by atoms with Crippen molar-refractivity contribution in [1.29, 1.82) is 5.26 Å². The van der Waals surface area contributed by atoms with Crippen LogP contribution in [0.3, 0.4) is 0 Å². The van der Waals surface area contributed by atoms with E-state index in [4.69, 9.17) is 0 Å². The molecule has 0 aromatic carbocycles. The molecule has 1 aromatic rings. The van der Waals surface area contributed by atoms with E-state index in [1.165, 1.54) is 0 Å². The van der Waals surface area contributed by atoms with Crippen molar-refractivity contribution in [3.8, 4) is 6.07 Å². The molecule has 16 heavy (non-hydrogen) atoms. The highest BCUT2D eigenvalue weighted by atomic mass is 16.1. The Labute approximate surface area is 96.1 Å². The number of carbonyl (C=O) groups excluding carboxylic acids is 1. The first kappa shape index (κ1) is 12.4. The number of nitriles is 1. The lowest BCUT2D eigenvalue weighted by molar-refractivity contribution is -0.118. The maximum absolute atomic E-state index is 11.2. The van der Waals surface area contributed by atoms with Gasteiger partial charge in [0.25, 0.3) is 0 Å². The second-order valence-corrected chi connectivity index (χ2v) is 4.72. The first-order valence-electron chi connectivity index (χ1n) is 5.26. The van der Waals surface area contributed by atoms with Gasteiger partial charge in [-0.1, -0.05) is 19.9 Å². The molecule has 84 valence electrons. The molecular formula is C13H16N2O. The Bertz CT molecular complexity index is 404. The largest absolute Gasteiger partial charge is 0.300 e. The van der Waals surface area contributed by atoms with Gasteiger partial charge in [0.1, 0.15) is 5.78 Å². The first-order chi connectivity index (χ1) is 7.47. The average molecular weight is 216 g/mol. The highest BCUT2D eigenvalue weighted by molar-refractivity contribution is 5.76. The van der Waals surface area contributed by atoms with E-state index in [0.717, 1.165) is 5.56 Å². The summed E-state index contributed by atoms with van der Waals surface area (Å²) in [5.74, 6) is -0.195. The third-order valence-electron chi connectivity index (χ3n) is 2.63. The van der Waals surface area contributed by atoms with Crippen molar-refractivity contribution in [1.82, 2.24) is 4.98 Å².